The molecule has 0 aromatic heterocycles. The third kappa shape index (κ3) is 32.9. The third-order valence-corrected chi connectivity index (χ3v) is 14.4. The van der Waals surface area contributed by atoms with Gasteiger partial charge in [-0.15, -0.1) is 0 Å². The van der Waals surface area contributed by atoms with Crippen LogP contribution in [0.4, 0.5) is 0 Å². The number of hydrogen-bond acceptors (Lipinski definition) is 9. The second kappa shape index (κ2) is 40.1. The Hall–Kier alpha value is -1.71. The van der Waals surface area contributed by atoms with Crippen LogP contribution >= 0.6 is 0 Å². The van der Waals surface area contributed by atoms with Gasteiger partial charge >= 0.3 is 17.9 Å². The van der Waals surface area contributed by atoms with Gasteiger partial charge in [0.1, 0.15) is 13.2 Å². The molecule has 6 atom stereocenters. The lowest BCUT2D eigenvalue weighted by molar-refractivity contribution is -0.167. The minimum absolute atomic E-state index is 0.0905. The van der Waals surface area contributed by atoms with Crippen LogP contribution in [0.1, 0.15) is 290 Å². The van der Waals surface area contributed by atoms with Gasteiger partial charge in [0, 0.05) is 19.3 Å². The highest BCUT2D eigenvalue weighted by Gasteiger charge is 2.38. The first-order valence-electron chi connectivity index (χ1n) is 28.9. The largest absolute Gasteiger partial charge is 0.462 e. The number of unbranched alkanes of at least 4 members (excludes halogenated alkanes) is 27. The molecule has 0 bridgehead atoms. The molecular weight excluding hydrogens is 829 g/mol. The number of esters is 3. The summed E-state index contributed by atoms with van der Waals surface area (Å²) in [5, 5.41) is 0. The molecule has 386 valence electrons. The first kappa shape index (κ1) is 58.6. The number of ether oxygens (including phenoxy) is 6. The van der Waals surface area contributed by atoms with Crippen molar-refractivity contribution in [2.75, 3.05) is 13.2 Å². The van der Waals surface area contributed by atoms with Crippen LogP contribution in [0.25, 0.3) is 0 Å². The van der Waals surface area contributed by atoms with Crippen molar-refractivity contribution in [3.8, 4) is 0 Å². The lowest BCUT2D eigenvalue weighted by Crippen LogP contribution is -2.30. The smallest absolute Gasteiger partial charge is 0.306 e. The maximum atomic E-state index is 12.9. The van der Waals surface area contributed by atoms with Gasteiger partial charge in [0.25, 0.3) is 0 Å². The molecule has 3 aliphatic heterocycles. The Morgan fingerprint density at radius 1 is 0.318 bits per heavy atom. The van der Waals surface area contributed by atoms with E-state index in [-0.39, 0.29) is 31.1 Å². The normalized spacial score (nSPS) is 21.1. The summed E-state index contributed by atoms with van der Waals surface area (Å²) in [5.41, 5.74) is 0. The average Bonchev–Trinajstić information content (AvgIpc) is 4.26. The van der Waals surface area contributed by atoms with Crippen LogP contribution in [0, 0.1) is 0 Å². The Bertz CT molecular complexity index is 1120. The Kier molecular flexibility index (Phi) is 35.6. The summed E-state index contributed by atoms with van der Waals surface area (Å²) >= 11 is 0. The van der Waals surface area contributed by atoms with Crippen molar-refractivity contribution in [2.45, 2.75) is 333 Å². The monoisotopic (exact) mass is 933 g/mol. The van der Waals surface area contributed by atoms with Gasteiger partial charge < -0.3 is 28.4 Å². The number of epoxide rings is 3. The molecule has 66 heavy (non-hydrogen) atoms. The van der Waals surface area contributed by atoms with Crippen molar-refractivity contribution >= 4 is 17.9 Å². The van der Waals surface area contributed by atoms with Crippen LogP contribution in [0.3, 0.4) is 0 Å². The zero-order chi connectivity index (χ0) is 47.1. The van der Waals surface area contributed by atoms with Gasteiger partial charge in [-0.1, -0.05) is 213 Å². The molecule has 0 saturated carbocycles. The van der Waals surface area contributed by atoms with Crippen LogP contribution in [0.2, 0.25) is 0 Å². The Labute approximate surface area is 405 Å². The fourth-order valence-electron chi connectivity index (χ4n) is 9.75. The van der Waals surface area contributed by atoms with Crippen molar-refractivity contribution in [1.29, 1.82) is 0 Å². The van der Waals surface area contributed by atoms with Gasteiger partial charge in [-0.05, 0) is 57.8 Å². The first-order valence-corrected chi connectivity index (χ1v) is 28.9. The van der Waals surface area contributed by atoms with E-state index in [9.17, 15) is 14.4 Å². The molecule has 3 rings (SSSR count). The SMILES string of the molecule is CCCCCCCCC1OC1CCCCCCCC(=O)OCC(COC(=O)CCCCCCCC1OC1CCCCCCCC)OC(=O)CCCCCCCC1OC1CCCCCCCC. The maximum absolute atomic E-state index is 12.9. The fourth-order valence-corrected chi connectivity index (χ4v) is 9.75. The zero-order valence-electron chi connectivity index (χ0n) is 43.3. The Morgan fingerprint density at radius 3 is 0.818 bits per heavy atom. The third-order valence-electron chi connectivity index (χ3n) is 14.4. The highest BCUT2D eigenvalue weighted by molar-refractivity contribution is 5.71. The Balaban J connectivity index is 1.22. The number of carbonyl (C=O) groups excluding carboxylic acids is 3. The molecule has 9 heteroatoms. The summed E-state index contributed by atoms with van der Waals surface area (Å²) in [7, 11) is 0. The predicted molar refractivity (Wildman–Crippen MR) is 269 cm³/mol. The van der Waals surface area contributed by atoms with Crippen molar-refractivity contribution in [3.63, 3.8) is 0 Å². The van der Waals surface area contributed by atoms with Gasteiger partial charge in [-0.25, -0.2) is 0 Å². The standard InChI is InChI=1S/C57H104O9/c1-4-7-10-13-19-28-37-49-52(64-49)40-31-22-16-25-34-43-55(58)61-46-48(63-57(60)45-36-27-18-24-33-42-54-51(66-54)39-30-21-15-12-9-6-3)47-62-56(59)44-35-26-17-23-32-41-53-50(65-53)38-29-20-14-11-8-5-2/h48-54H,4-47H2,1-3H3. The molecule has 0 radical (unpaired) electrons. The lowest BCUT2D eigenvalue weighted by Gasteiger charge is -2.18. The van der Waals surface area contributed by atoms with Crippen LogP contribution < -0.4 is 0 Å². The minimum atomic E-state index is -0.794. The minimum Gasteiger partial charge on any atom is -0.462 e. The van der Waals surface area contributed by atoms with E-state index in [1.807, 2.05) is 0 Å². The van der Waals surface area contributed by atoms with Gasteiger partial charge in [0.2, 0.25) is 0 Å². The van der Waals surface area contributed by atoms with E-state index in [0.717, 1.165) is 96.3 Å². The summed E-state index contributed by atoms with van der Waals surface area (Å²) in [5.74, 6) is -0.914. The highest BCUT2D eigenvalue weighted by atomic mass is 16.6. The fraction of sp³-hybridized carbons (Fsp3) is 0.947. The summed E-state index contributed by atoms with van der Waals surface area (Å²) in [6.07, 6.45) is 49.7. The molecule has 3 aliphatic rings. The van der Waals surface area contributed by atoms with E-state index < -0.39 is 6.10 Å². The molecule has 3 saturated heterocycles. The van der Waals surface area contributed by atoms with E-state index in [2.05, 4.69) is 20.8 Å². The molecule has 0 amide bonds. The van der Waals surface area contributed by atoms with Gasteiger partial charge in [0.15, 0.2) is 6.10 Å². The maximum Gasteiger partial charge on any atom is 0.306 e. The van der Waals surface area contributed by atoms with E-state index >= 15 is 0 Å². The lowest BCUT2D eigenvalue weighted by atomic mass is 10.0. The molecular formula is C57H104O9. The first-order chi connectivity index (χ1) is 32.4. The molecule has 0 spiro atoms. The zero-order valence-corrected chi connectivity index (χ0v) is 43.3. The number of hydrogen-bond donors (Lipinski definition) is 0. The molecule has 3 fully saturated rings. The van der Waals surface area contributed by atoms with E-state index in [1.165, 1.54) is 154 Å². The summed E-state index contributed by atoms with van der Waals surface area (Å²) in [6, 6.07) is 0. The molecule has 0 aromatic rings. The van der Waals surface area contributed by atoms with Gasteiger partial charge in [-0.2, -0.15) is 0 Å². The topological polar surface area (TPSA) is 116 Å². The molecule has 0 N–H and O–H groups in total. The summed E-state index contributed by atoms with van der Waals surface area (Å²) in [6.45, 7) is 6.61. The highest BCUT2D eigenvalue weighted by Crippen LogP contribution is 2.34. The molecule has 9 nitrogen and oxygen atoms in total. The van der Waals surface area contributed by atoms with E-state index in [1.54, 1.807) is 0 Å². The van der Waals surface area contributed by atoms with Crippen molar-refractivity contribution in [2.24, 2.45) is 0 Å². The van der Waals surface area contributed by atoms with Crippen molar-refractivity contribution < 1.29 is 42.8 Å². The molecule has 0 aliphatic carbocycles. The predicted octanol–water partition coefficient (Wildman–Crippen LogP) is 15.7. The van der Waals surface area contributed by atoms with Crippen LogP contribution in [-0.4, -0.2) is 73.8 Å². The second-order valence-electron chi connectivity index (χ2n) is 20.7. The summed E-state index contributed by atoms with van der Waals surface area (Å²) in [4.78, 5) is 38.3. The van der Waals surface area contributed by atoms with Crippen LogP contribution in [0.5, 0.6) is 0 Å². The summed E-state index contributed by atoms with van der Waals surface area (Å²) < 4.78 is 34.6. The molecule has 0 aromatic carbocycles. The molecule has 3 heterocycles. The van der Waals surface area contributed by atoms with Crippen LogP contribution in [-0.2, 0) is 42.8 Å². The van der Waals surface area contributed by atoms with Crippen molar-refractivity contribution in [3.05, 3.63) is 0 Å². The van der Waals surface area contributed by atoms with Crippen molar-refractivity contribution in [1.82, 2.24) is 0 Å². The quantitative estimate of drug-likeness (QED) is 0.0254. The van der Waals surface area contributed by atoms with Gasteiger partial charge in [0.05, 0.1) is 36.6 Å². The van der Waals surface area contributed by atoms with E-state index in [4.69, 9.17) is 28.4 Å². The van der Waals surface area contributed by atoms with Crippen LogP contribution in [0.15, 0.2) is 0 Å². The van der Waals surface area contributed by atoms with Gasteiger partial charge in [-0.3, -0.25) is 14.4 Å². The number of rotatable bonds is 50. The number of carbonyl (C=O) groups is 3. The molecule has 6 unspecified atom stereocenters. The second-order valence-corrected chi connectivity index (χ2v) is 20.7. The average molecular weight is 933 g/mol. The van der Waals surface area contributed by atoms with E-state index in [0.29, 0.717) is 55.9 Å². The Morgan fingerprint density at radius 2 is 0.545 bits per heavy atom.